The topological polar surface area (TPSA) is 61.8 Å². The Labute approximate surface area is 367 Å². The molecule has 1 atom stereocenters. The summed E-state index contributed by atoms with van der Waals surface area (Å²) < 4.78 is 17.4. The second-order valence-corrected chi connectivity index (χ2v) is 17.1. The molecule has 0 heterocycles. The number of hydrogen-bond acceptors (Lipinski definition) is 5. The zero-order chi connectivity index (χ0) is 42.8. The zero-order valence-electron chi connectivity index (χ0n) is 39.5. The minimum atomic E-state index is -0.547. The van der Waals surface area contributed by atoms with E-state index in [4.69, 9.17) is 14.2 Å². The molecule has 0 saturated carbocycles. The van der Waals surface area contributed by atoms with Gasteiger partial charge in [0.25, 0.3) is 0 Å². The molecule has 0 unspecified atom stereocenters. The number of carbonyl (C=O) groups excluding carboxylic acids is 2. The molecular weight excluding hydrogens is 729 g/mol. The minimum Gasteiger partial charge on any atom is -0.462 e. The molecule has 0 amide bonds. The van der Waals surface area contributed by atoms with E-state index in [9.17, 15) is 9.59 Å². The van der Waals surface area contributed by atoms with Crippen LogP contribution in [0.5, 0.6) is 0 Å². The lowest BCUT2D eigenvalue weighted by molar-refractivity contribution is -0.163. The SMILES string of the molecule is CC/C=C\C/C=C\C/C=C\C/C=C\CCCCC(=O)OC[C@@H](COCCCCCCCCCCCCCCCCCC)OC(=O)CCCCCCCCCCCCCC. The highest BCUT2D eigenvalue weighted by Gasteiger charge is 2.17. The average molecular weight is 827 g/mol. The molecule has 5 nitrogen and oxygen atoms in total. The van der Waals surface area contributed by atoms with Gasteiger partial charge in [-0.3, -0.25) is 9.59 Å². The van der Waals surface area contributed by atoms with Gasteiger partial charge >= 0.3 is 11.9 Å². The lowest BCUT2D eigenvalue weighted by Crippen LogP contribution is -2.30. The van der Waals surface area contributed by atoms with Gasteiger partial charge in [-0.15, -0.1) is 0 Å². The van der Waals surface area contributed by atoms with Crippen molar-refractivity contribution in [3.63, 3.8) is 0 Å². The van der Waals surface area contributed by atoms with E-state index in [-0.39, 0.29) is 25.2 Å². The van der Waals surface area contributed by atoms with E-state index in [2.05, 4.69) is 69.4 Å². The summed E-state index contributed by atoms with van der Waals surface area (Å²) in [5.74, 6) is -0.433. The Morgan fingerprint density at radius 1 is 0.390 bits per heavy atom. The van der Waals surface area contributed by atoms with Gasteiger partial charge in [-0.25, -0.2) is 0 Å². The summed E-state index contributed by atoms with van der Waals surface area (Å²) >= 11 is 0. The van der Waals surface area contributed by atoms with E-state index < -0.39 is 6.10 Å². The molecular formula is C54H98O5. The van der Waals surface area contributed by atoms with Gasteiger partial charge in [0.15, 0.2) is 6.10 Å². The van der Waals surface area contributed by atoms with E-state index in [0.29, 0.717) is 19.4 Å². The van der Waals surface area contributed by atoms with Gasteiger partial charge in [0.2, 0.25) is 0 Å². The second kappa shape index (κ2) is 50.2. The summed E-state index contributed by atoms with van der Waals surface area (Å²) in [6.45, 7) is 7.71. The van der Waals surface area contributed by atoms with Crippen LogP contribution in [-0.4, -0.2) is 37.9 Å². The number of allylic oxidation sites excluding steroid dienone is 8. The normalized spacial score (nSPS) is 12.5. The predicted molar refractivity (Wildman–Crippen MR) is 256 cm³/mol. The molecule has 344 valence electrons. The monoisotopic (exact) mass is 827 g/mol. The molecule has 0 aliphatic heterocycles. The van der Waals surface area contributed by atoms with Crippen molar-refractivity contribution in [1.82, 2.24) is 0 Å². The van der Waals surface area contributed by atoms with E-state index in [1.807, 2.05) is 0 Å². The van der Waals surface area contributed by atoms with Crippen molar-refractivity contribution < 1.29 is 23.8 Å². The molecule has 0 spiro atoms. The molecule has 0 aliphatic rings. The van der Waals surface area contributed by atoms with Crippen molar-refractivity contribution in [3.8, 4) is 0 Å². The summed E-state index contributed by atoms with van der Waals surface area (Å²) in [4.78, 5) is 25.3. The Hall–Kier alpha value is -2.14. The third-order valence-corrected chi connectivity index (χ3v) is 11.1. The standard InChI is InChI=1S/C54H98O5/c1-4-7-10-13-16-19-22-25-27-29-31-34-37-40-43-46-49-57-50-52(59-54(56)48-45-42-39-36-32-24-21-18-15-12-9-6-3)51-58-53(55)47-44-41-38-35-33-30-28-26-23-20-17-14-11-8-5-2/h8,11,17,20,26,28,33,35,52H,4-7,9-10,12-16,18-19,21-25,27,29-32,34,36-51H2,1-3H3/b11-8-,20-17-,28-26-,35-33-/t52-/m1/s1. The third-order valence-electron chi connectivity index (χ3n) is 11.1. The Bertz CT molecular complexity index is 981. The minimum absolute atomic E-state index is 0.0683. The zero-order valence-corrected chi connectivity index (χ0v) is 39.5. The van der Waals surface area contributed by atoms with Crippen molar-refractivity contribution >= 4 is 11.9 Å². The fraction of sp³-hybridized carbons (Fsp3) is 0.815. The van der Waals surface area contributed by atoms with Crippen LogP contribution < -0.4 is 0 Å². The summed E-state index contributed by atoms with van der Waals surface area (Å²) in [6, 6.07) is 0. The van der Waals surface area contributed by atoms with Crippen LogP contribution in [0.1, 0.15) is 258 Å². The van der Waals surface area contributed by atoms with Crippen molar-refractivity contribution in [1.29, 1.82) is 0 Å². The lowest BCUT2D eigenvalue weighted by atomic mass is 10.0. The molecule has 5 heteroatoms. The fourth-order valence-electron chi connectivity index (χ4n) is 7.33. The predicted octanol–water partition coefficient (Wildman–Crippen LogP) is 17.2. The second-order valence-electron chi connectivity index (χ2n) is 17.1. The van der Waals surface area contributed by atoms with Crippen LogP contribution in [0.2, 0.25) is 0 Å². The van der Waals surface area contributed by atoms with Gasteiger partial charge in [0, 0.05) is 19.4 Å². The van der Waals surface area contributed by atoms with E-state index in [1.54, 1.807) is 0 Å². The van der Waals surface area contributed by atoms with Crippen LogP contribution in [-0.2, 0) is 23.8 Å². The number of ether oxygens (including phenoxy) is 3. The quantitative estimate of drug-likeness (QED) is 0.0347. The molecule has 0 aromatic rings. The van der Waals surface area contributed by atoms with Gasteiger partial charge in [-0.1, -0.05) is 236 Å². The first-order valence-electron chi connectivity index (χ1n) is 25.7. The molecule has 0 radical (unpaired) electrons. The lowest BCUT2D eigenvalue weighted by Gasteiger charge is -2.18. The highest BCUT2D eigenvalue weighted by Crippen LogP contribution is 2.15. The third kappa shape index (κ3) is 48.4. The van der Waals surface area contributed by atoms with Gasteiger partial charge in [0.1, 0.15) is 6.61 Å². The van der Waals surface area contributed by atoms with Crippen molar-refractivity contribution in [2.24, 2.45) is 0 Å². The Kier molecular flexibility index (Phi) is 48.4. The molecule has 0 fully saturated rings. The molecule has 0 aromatic heterocycles. The van der Waals surface area contributed by atoms with Gasteiger partial charge in [0.05, 0.1) is 6.61 Å². The summed E-state index contributed by atoms with van der Waals surface area (Å²) in [5, 5.41) is 0. The van der Waals surface area contributed by atoms with Crippen molar-refractivity contribution in [3.05, 3.63) is 48.6 Å². The summed E-state index contributed by atoms with van der Waals surface area (Å²) in [5.41, 5.74) is 0. The molecule has 0 rings (SSSR count). The van der Waals surface area contributed by atoms with Crippen LogP contribution in [0.4, 0.5) is 0 Å². The summed E-state index contributed by atoms with van der Waals surface area (Å²) in [7, 11) is 0. The first-order valence-corrected chi connectivity index (χ1v) is 25.7. The number of rotatable bonds is 47. The van der Waals surface area contributed by atoms with Crippen molar-refractivity contribution in [2.45, 2.75) is 264 Å². The Balaban J connectivity index is 4.28. The highest BCUT2D eigenvalue weighted by molar-refractivity contribution is 5.70. The van der Waals surface area contributed by atoms with Crippen LogP contribution in [0.3, 0.4) is 0 Å². The molecule has 0 bridgehead atoms. The fourth-order valence-corrected chi connectivity index (χ4v) is 7.33. The first-order chi connectivity index (χ1) is 29.1. The highest BCUT2D eigenvalue weighted by atomic mass is 16.6. The van der Waals surface area contributed by atoms with Crippen LogP contribution >= 0.6 is 0 Å². The largest absolute Gasteiger partial charge is 0.462 e. The van der Waals surface area contributed by atoms with Crippen LogP contribution in [0.25, 0.3) is 0 Å². The van der Waals surface area contributed by atoms with Gasteiger partial charge in [-0.05, 0) is 57.8 Å². The number of esters is 2. The maximum absolute atomic E-state index is 12.8. The molecule has 0 saturated heterocycles. The van der Waals surface area contributed by atoms with Crippen molar-refractivity contribution in [2.75, 3.05) is 19.8 Å². The van der Waals surface area contributed by atoms with Crippen LogP contribution in [0.15, 0.2) is 48.6 Å². The van der Waals surface area contributed by atoms with E-state index in [0.717, 1.165) is 70.6 Å². The Morgan fingerprint density at radius 3 is 1.22 bits per heavy atom. The number of hydrogen-bond donors (Lipinski definition) is 0. The number of carbonyl (C=O) groups is 2. The molecule has 59 heavy (non-hydrogen) atoms. The molecule has 0 aromatic carbocycles. The smallest absolute Gasteiger partial charge is 0.306 e. The molecule has 0 aliphatic carbocycles. The maximum atomic E-state index is 12.8. The average Bonchev–Trinajstić information content (AvgIpc) is 3.24. The first kappa shape index (κ1) is 56.9. The maximum Gasteiger partial charge on any atom is 0.306 e. The van der Waals surface area contributed by atoms with Gasteiger partial charge < -0.3 is 14.2 Å². The molecule has 0 N–H and O–H groups in total. The van der Waals surface area contributed by atoms with Gasteiger partial charge in [-0.2, -0.15) is 0 Å². The summed E-state index contributed by atoms with van der Waals surface area (Å²) in [6.07, 6.45) is 61.2. The Morgan fingerprint density at radius 2 is 0.763 bits per heavy atom. The van der Waals surface area contributed by atoms with Crippen LogP contribution in [0, 0.1) is 0 Å². The van der Waals surface area contributed by atoms with E-state index in [1.165, 1.54) is 154 Å². The number of unbranched alkanes of at least 4 members (excludes halogenated alkanes) is 28. The van der Waals surface area contributed by atoms with E-state index >= 15 is 0 Å².